The number of carbonyl (C=O) groups is 4. The molecule has 0 aliphatic heterocycles. The van der Waals surface area contributed by atoms with E-state index in [-0.39, 0.29) is 12.3 Å². The summed E-state index contributed by atoms with van der Waals surface area (Å²) in [6.07, 6.45) is -0.0525. The molecular weight excluding hydrogens is 452 g/mol. The van der Waals surface area contributed by atoms with E-state index in [0.717, 1.165) is 6.42 Å². The number of amides is 4. The average Bonchev–Trinajstić information content (AvgIpc) is 2.68. The van der Waals surface area contributed by atoms with Crippen molar-refractivity contribution in [3.05, 3.63) is 29.8 Å². The van der Waals surface area contributed by atoms with Crippen LogP contribution in [-0.4, -0.2) is 57.5 Å². The number of phenolic OH excluding ortho intramolecular Hbond substituents is 1. The molecule has 0 aliphatic carbocycles. The van der Waals surface area contributed by atoms with Gasteiger partial charge < -0.3 is 31.1 Å². The topological polar surface area (TPSA) is 151 Å². The van der Waals surface area contributed by atoms with Crippen LogP contribution in [-0.2, 0) is 19.1 Å². The average molecular weight is 493 g/mol. The molecule has 5 N–H and O–H groups in total. The molecule has 2 atom stereocenters. The van der Waals surface area contributed by atoms with E-state index in [1.54, 1.807) is 32.9 Å². The first-order chi connectivity index (χ1) is 16.0. The van der Waals surface area contributed by atoms with Gasteiger partial charge in [0.05, 0.1) is 6.42 Å². The first kappa shape index (κ1) is 29.7. The van der Waals surface area contributed by atoms with Gasteiger partial charge in [0.1, 0.15) is 23.4 Å². The molecule has 0 heterocycles. The van der Waals surface area contributed by atoms with Gasteiger partial charge in [-0.25, -0.2) is 4.79 Å². The lowest BCUT2D eigenvalue weighted by molar-refractivity contribution is -0.144. The fourth-order valence-electron chi connectivity index (χ4n) is 3.31. The fourth-order valence-corrected chi connectivity index (χ4v) is 3.31. The molecule has 4 amide bonds. The van der Waals surface area contributed by atoms with Crippen LogP contribution in [0.3, 0.4) is 0 Å². The number of alkyl carbamates (subject to hydrolysis) is 1. The summed E-state index contributed by atoms with van der Waals surface area (Å²) in [7, 11) is 0. The van der Waals surface area contributed by atoms with Crippen molar-refractivity contribution in [2.75, 3.05) is 6.54 Å². The van der Waals surface area contributed by atoms with E-state index in [1.807, 2.05) is 27.7 Å². The molecule has 0 spiro atoms. The van der Waals surface area contributed by atoms with Crippen molar-refractivity contribution in [3.63, 3.8) is 0 Å². The van der Waals surface area contributed by atoms with Gasteiger partial charge in [-0.2, -0.15) is 0 Å². The molecule has 0 fully saturated rings. The minimum Gasteiger partial charge on any atom is -0.508 e. The predicted molar refractivity (Wildman–Crippen MR) is 132 cm³/mol. The zero-order valence-corrected chi connectivity index (χ0v) is 21.8. The number of ether oxygens (including phenoxy) is 1. The van der Waals surface area contributed by atoms with Gasteiger partial charge in [-0.1, -0.05) is 25.5 Å². The van der Waals surface area contributed by atoms with Gasteiger partial charge >= 0.3 is 6.09 Å². The zero-order chi connectivity index (χ0) is 27.0. The molecule has 0 saturated heterocycles. The van der Waals surface area contributed by atoms with Crippen LogP contribution in [0.15, 0.2) is 24.3 Å². The lowest BCUT2D eigenvalue weighted by atomic mass is 9.99. The summed E-state index contributed by atoms with van der Waals surface area (Å²) in [5.41, 5.74) is 4.42. The van der Waals surface area contributed by atoms with E-state index in [0.29, 0.717) is 12.0 Å². The zero-order valence-electron chi connectivity index (χ0n) is 21.8. The third-order valence-corrected chi connectivity index (χ3v) is 4.70. The summed E-state index contributed by atoms with van der Waals surface area (Å²) < 4.78 is 5.25. The van der Waals surface area contributed by atoms with Gasteiger partial charge in [-0.05, 0) is 65.7 Å². The van der Waals surface area contributed by atoms with E-state index >= 15 is 0 Å². The number of unbranched alkanes of at least 4 members (excludes halogenated alkanes) is 1. The number of benzene rings is 1. The second-order valence-corrected chi connectivity index (χ2v) is 10.5. The molecule has 1 aromatic rings. The van der Waals surface area contributed by atoms with E-state index < -0.39 is 53.5 Å². The smallest absolute Gasteiger partial charge is 0.408 e. The van der Waals surface area contributed by atoms with Gasteiger partial charge in [0.25, 0.3) is 0 Å². The molecule has 10 nitrogen and oxygen atoms in total. The molecule has 0 aliphatic rings. The molecule has 196 valence electrons. The summed E-state index contributed by atoms with van der Waals surface area (Å²) in [5.74, 6) is -1.88. The van der Waals surface area contributed by atoms with Gasteiger partial charge in [0, 0.05) is 12.1 Å². The largest absolute Gasteiger partial charge is 0.508 e. The van der Waals surface area contributed by atoms with Gasteiger partial charge in [0.2, 0.25) is 17.7 Å². The maximum Gasteiger partial charge on any atom is 0.408 e. The number of aromatic hydroxyl groups is 1. The Bertz CT molecular complexity index is 887. The Hall–Kier alpha value is -3.30. The van der Waals surface area contributed by atoms with Crippen LogP contribution in [0.4, 0.5) is 4.79 Å². The minimum atomic E-state index is -1.33. The number of hydrogen-bond acceptors (Lipinski definition) is 6. The van der Waals surface area contributed by atoms with Crippen LogP contribution < -0.4 is 16.4 Å². The SMILES string of the molecule is CCCCN(C(=O)C(CC(N)=O)NC(=O)OC(C)(C)C)C(C(=O)NC(C)(C)C)c1ccc(O)cc1. The van der Waals surface area contributed by atoms with Crippen LogP contribution in [0, 0.1) is 0 Å². The maximum atomic E-state index is 13.8. The van der Waals surface area contributed by atoms with Crippen LogP contribution in [0.5, 0.6) is 5.75 Å². The van der Waals surface area contributed by atoms with E-state index in [2.05, 4.69) is 10.6 Å². The minimum absolute atomic E-state index is 0.00774. The Labute approximate surface area is 207 Å². The molecule has 0 radical (unpaired) electrons. The number of phenols is 1. The standard InChI is InChI=1S/C25H40N4O6/c1-8-9-14-29(22(33)18(15-19(26)31)27-23(34)35-25(5,6)7)20(21(32)28-24(2,3)4)16-10-12-17(30)13-11-16/h10-13,18,20,30H,8-9,14-15H2,1-7H3,(H2,26,31)(H,27,34)(H,28,32). The lowest BCUT2D eigenvalue weighted by Gasteiger charge is -2.36. The maximum absolute atomic E-state index is 13.8. The Morgan fingerprint density at radius 3 is 2.09 bits per heavy atom. The Morgan fingerprint density at radius 1 is 1.06 bits per heavy atom. The molecule has 2 unspecified atom stereocenters. The van der Waals surface area contributed by atoms with Crippen LogP contribution >= 0.6 is 0 Å². The highest BCUT2D eigenvalue weighted by Crippen LogP contribution is 2.26. The third kappa shape index (κ3) is 10.7. The van der Waals surface area contributed by atoms with Crippen molar-refractivity contribution in [2.45, 2.75) is 91.0 Å². The third-order valence-electron chi connectivity index (χ3n) is 4.70. The molecule has 0 aromatic heterocycles. The highest BCUT2D eigenvalue weighted by molar-refractivity contribution is 5.94. The highest BCUT2D eigenvalue weighted by Gasteiger charge is 2.37. The molecule has 0 bridgehead atoms. The molecule has 1 rings (SSSR count). The van der Waals surface area contributed by atoms with Crippen LogP contribution in [0.2, 0.25) is 0 Å². The second-order valence-electron chi connectivity index (χ2n) is 10.5. The normalized spacial score (nSPS) is 13.3. The van der Waals surface area contributed by atoms with Crippen LogP contribution in [0.1, 0.15) is 79.3 Å². The summed E-state index contributed by atoms with van der Waals surface area (Å²) in [4.78, 5) is 52.7. The van der Waals surface area contributed by atoms with Gasteiger partial charge in [-0.3, -0.25) is 14.4 Å². The molecule has 0 saturated carbocycles. The number of nitrogens with one attached hydrogen (secondary N) is 2. The number of primary amides is 1. The Kier molecular flexibility index (Phi) is 10.5. The van der Waals surface area contributed by atoms with Crippen molar-refractivity contribution in [1.82, 2.24) is 15.5 Å². The second kappa shape index (κ2) is 12.4. The number of hydrogen-bond donors (Lipinski definition) is 4. The van der Waals surface area contributed by atoms with Gasteiger partial charge in [-0.15, -0.1) is 0 Å². The lowest BCUT2D eigenvalue weighted by Crippen LogP contribution is -2.55. The van der Waals surface area contributed by atoms with Crippen molar-refractivity contribution >= 4 is 23.8 Å². The first-order valence-electron chi connectivity index (χ1n) is 11.7. The number of carbonyl (C=O) groups excluding carboxylic acids is 4. The number of rotatable bonds is 10. The van der Waals surface area contributed by atoms with Crippen molar-refractivity contribution in [1.29, 1.82) is 0 Å². The fraction of sp³-hybridized carbons (Fsp3) is 0.600. The first-order valence-corrected chi connectivity index (χ1v) is 11.7. The van der Waals surface area contributed by atoms with E-state index in [1.165, 1.54) is 17.0 Å². The summed E-state index contributed by atoms with van der Waals surface area (Å²) in [6, 6.07) is 3.55. The monoisotopic (exact) mass is 492 g/mol. The van der Waals surface area contributed by atoms with Crippen molar-refractivity contribution < 1.29 is 29.0 Å². The summed E-state index contributed by atoms with van der Waals surface area (Å²) in [6.45, 7) is 12.6. The van der Waals surface area contributed by atoms with Crippen LogP contribution in [0.25, 0.3) is 0 Å². The highest BCUT2D eigenvalue weighted by atomic mass is 16.6. The molecule has 35 heavy (non-hydrogen) atoms. The molecule has 1 aromatic carbocycles. The Balaban J connectivity index is 3.49. The van der Waals surface area contributed by atoms with E-state index in [9.17, 15) is 24.3 Å². The summed E-state index contributed by atoms with van der Waals surface area (Å²) in [5, 5.41) is 15.1. The van der Waals surface area contributed by atoms with Gasteiger partial charge in [0.15, 0.2) is 0 Å². The van der Waals surface area contributed by atoms with Crippen molar-refractivity contribution in [2.24, 2.45) is 5.73 Å². The number of nitrogens with zero attached hydrogens (tertiary/aromatic N) is 1. The quantitative estimate of drug-likeness (QED) is 0.394. The van der Waals surface area contributed by atoms with Crippen molar-refractivity contribution in [3.8, 4) is 5.75 Å². The number of nitrogens with two attached hydrogens (primary N) is 1. The van der Waals surface area contributed by atoms with E-state index in [4.69, 9.17) is 10.5 Å². The molecular formula is C25H40N4O6. The Morgan fingerprint density at radius 2 is 1.63 bits per heavy atom. The molecule has 10 heteroatoms. The summed E-state index contributed by atoms with van der Waals surface area (Å²) >= 11 is 0. The predicted octanol–water partition coefficient (Wildman–Crippen LogP) is 2.75.